The van der Waals surface area contributed by atoms with Gasteiger partial charge in [-0.3, -0.25) is 9.59 Å². The second-order valence-electron chi connectivity index (χ2n) is 7.97. The smallest absolute Gasteiger partial charge is 0.323 e. The van der Waals surface area contributed by atoms with Gasteiger partial charge >= 0.3 is 6.03 Å². The number of pyridine rings is 2. The van der Waals surface area contributed by atoms with E-state index >= 15 is 0 Å². The standard InChI is InChI=1S/C26H23ClFN5O4/c1-3-33-22-12-23(32-24(34)14-37-2)29-13-15(22)9-18(25(33)35)17-10-21(20(28)11-19(17)27)31-26(36)30-16-7-5-4-6-8-16/h4-13H,3,14H2,1-2H3,(H,29,32,34)(H2,30,31,36). The van der Waals surface area contributed by atoms with Gasteiger partial charge in [-0.05, 0) is 37.3 Å². The molecule has 0 aliphatic rings. The summed E-state index contributed by atoms with van der Waals surface area (Å²) >= 11 is 6.34. The number of carbonyl (C=O) groups excluding carboxylic acids is 2. The molecule has 0 radical (unpaired) electrons. The molecule has 0 saturated carbocycles. The van der Waals surface area contributed by atoms with E-state index in [1.165, 1.54) is 23.9 Å². The Morgan fingerprint density at radius 2 is 1.81 bits per heavy atom. The van der Waals surface area contributed by atoms with Crippen LogP contribution in [-0.2, 0) is 16.1 Å². The Morgan fingerprint density at radius 1 is 1.05 bits per heavy atom. The highest BCUT2D eigenvalue weighted by Gasteiger charge is 2.18. The fraction of sp³-hybridized carbons (Fsp3) is 0.154. The number of anilines is 3. The maximum absolute atomic E-state index is 14.7. The Kier molecular flexibility index (Phi) is 7.80. The SMILES string of the molecule is CCn1c(=O)c(-c2cc(NC(=O)Nc3ccccc3)c(F)cc2Cl)cc2cnc(NC(=O)COC)cc21. The van der Waals surface area contributed by atoms with Crippen molar-refractivity contribution in [1.29, 1.82) is 0 Å². The summed E-state index contributed by atoms with van der Waals surface area (Å²) in [6.45, 7) is 1.96. The van der Waals surface area contributed by atoms with E-state index < -0.39 is 11.8 Å². The quantitative estimate of drug-likeness (QED) is 0.311. The van der Waals surface area contributed by atoms with Crippen LogP contribution >= 0.6 is 11.6 Å². The zero-order valence-electron chi connectivity index (χ0n) is 20.0. The average Bonchev–Trinajstić information content (AvgIpc) is 2.86. The molecule has 4 rings (SSSR count). The first-order valence-corrected chi connectivity index (χ1v) is 11.6. The maximum Gasteiger partial charge on any atom is 0.323 e. The van der Waals surface area contributed by atoms with Gasteiger partial charge in [0, 0.05) is 48.1 Å². The number of amides is 3. The highest BCUT2D eigenvalue weighted by molar-refractivity contribution is 6.33. The normalized spacial score (nSPS) is 10.8. The van der Waals surface area contributed by atoms with E-state index in [2.05, 4.69) is 20.9 Å². The predicted octanol–water partition coefficient (Wildman–Crippen LogP) is 5.10. The molecule has 9 nitrogen and oxygen atoms in total. The van der Waals surface area contributed by atoms with Gasteiger partial charge < -0.3 is 25.3 Å². The van der Waals surface area contributed by atoms with Gasteiger partial charge in [0.15, 0.2) is 0 Å². The van der Waals surface area contributed by atoms with Crippen molar-refractivity contribution in [2.75, 3.05) is 29.7 Å². The molecule has 3 amide bonds. The number of aryl methyl sites for hydroxylation is 1. The zero-order valence-corrected chi connectivity index (χ0v) is 20.7. The Hall–Kier alpha value is -4.28. The minimum Gasteiger partial charge on any atom is -0.375 e. The second kappa shape index (κ2) is 11.2. The minimum atomic E-state index is -0.758. The van der Waals surface area contributed by atoms with Crippen molar-refractivity contribution >= 4 is 51.6 Å². The summed E-state index contributed by atoms with van der Waals surface area (Å²) in [7, 11) is 1.40. The number of nitrogens with zero attached hydrogens (tertiary/aromatic N) is 2. The van der Waals surface area contributed by atoms with Crippen LogP contribution in [0.25, 0.3) is 22.0 Å². The first-order valence-electron chi connectivity index (χ1n) is 11.3. The van der Waals surface area contributed by atoms with Gasteiger partial charge in [0.2, 0.25) is 0 Å². The number of ether oxygens (including phenoxy) is 1. The molecule has 0 aliphatic carbocycles. The number of aromatic nitrogens is 2. The molecule has 37 heavy (non-hydrogen) atoms. The van der Waals surface area contributed by atoms with Crippen molar-refractivity contribution in [3.05, 3.63) is 82.0 Å². The van der Waals surface area contributed by atoms with E-state index in [1.807, 2.05) is 0 Å². The lowest BCUT2D eigenvalue weighted by Gasteiger charge is -2.15. The van der Waals surface area contributed by atoms with Crippen LogP contribution in [0.4, 0.5) is 26.4 Å². The molecule has 0 unspecified atom stereocenters. The van der Waals surface area contributed by atoms with Crippen molar-refractivity contribution in [3.63, 3.8) is 0 Å². The molecular formula is C26H23ClFN5O4. The molecule has 0 fully saturated rings. The van der Waals surface area contributed by atoms with Gasteiger partial charge in [-0.1, -0.05) is 29.8 Å². The van der Waals surface area contributed by atoms with E-state index in [1.54, 1.807) is 49.4 Å². The van der Waals surface area contributed by atoms with Crippen LogP contribution in [0.2, 0.25) is 5.02 Å². The van der Waals surface area contributed by atoms with Crippen molar-refractivity contribution in [2.24, 2.45) is 0 Å². The summed E-state index contributed by atoms with van der Waals surface area (Å²) < 4.78 is 21.0. The first-order chi connectivity index (χ1) is 17.8. The van der Waals surface area contributed by atoms with E-state index in [0.717, 1.165) is 6.07 Å². The summed E-state index contributed by atoms with van der Waals surface area (Å²) in [6, 6.07) is 13.6. The van der Waals surface area contributed by atoms with Gasteiger partial charge in [-0.25, -0.2) is 14.2 Å². The van der Waals surface area contributed by atoms with Crippen molar-refractivity contribution < 1.29 is 18.7 Å². The van der Waals surface area contributed by atoms with Crippen molar-refractivity contribution in [3.8, 4) is 11.1 Å². The monoisotopic (exact) mass is 523 g/mol. The number of nitrogens with one attached hydrogen (secondary N) is 3. The number of para-hydroxylation sites is 1. The molecule has 2 aromatic carbocycles. The number of rotatable bonds is 7. The molecule has 2 aromatic heterocycles. The number of urea groups is 1. The van der Waals surface area contributed by atoms with Gasteiger partial charge in [-0.15, -0.1) is 0 Å². The Balaban J connectivity index is 1.72. The topological polar surface area (TPSA) is 114 Å². The number of methoxy groups -OCH3 is 1. The number of carbonyl (C=O) groups is 2. The molecule has 3 N–H and O–H groups in total. The maximum atomic E-state index is 14.7. The van der Waals surface area contributed by atoms with Gasteiger partial charge in [0.05, 0.1) is 16.2 Å². The molecular weight excluding hydrogens is 501 g/mol. The summed E-state index contributed by atoms with van der Waals surface area (Å²) in [5.74, 6) is -0.878. The fourth-order valence-electron chi connectivity index (χ4n) is 3.81. The molecule has 0 saturated heterocycles. The minimum absolute atomic E-state index is 0.00188. The number of hydrogen-bond donors (Lipinski definition) is 3. The first kappa shape index (κ1) is 25.8. The summed E-state index contributed by atoms with van der Waals surface area (Å²) in [4.78, 5) is 42.0. The van der Waals surface area contributed by atoms with Gasteiger partial charge in [0.25, 0.3) is 11.5 Å². The van der Waals surface area contributed by atoms with Crippen LogP contribution in [0.15, 0.2) is 65.6 Å². The average molecular weight is 524 g/mol. The highest BCUT2D eigenvalue weighted by atomic mass is 35.5. The number of hydrogen-bond acceptors (Lipinski definition) is 5. The molecule has 11 heteroatoms. The van der Waals surface area contributed by atoms with E-state index in [-0.39, 0.29) is 45.7 Å². The Morgan fingerprint density at radius 3 is 2.51 bits per heavy atom. The molecule has 0 spiro atoms. The lowest BCUT2D eigenvalue weighted by molar-refractivity contribution is -0.119. The second-order valence-corrected chi connectivity index (χ2v) is 8.38. The third-order valence-electron chi connectivity index (χ3n) is 5.46. The van der Waals surface area contributed by atoms with Crippen LogP contribution < -0.4 is 21.5 Å². The fourth-order valence-corrected chi connectivity index (χ4v) is 4.07. The predicted molar refractivity (Wildman–Crippen MR) is 142 cm³/mol. The summed E-state index contributed by atoms with van der Waals surface area (Å²) in [5, 5.41) is 8.28. The van der Waals surface area contributed by atoms with Crippen LogP contribution in [0.5, 0.6) is 0 Å². The van der Waals surface area contributed by atoms with Crippen molar-refractivity contribution in [1.82, 2.24) is 9.55 Å². The van der Waals surface area contributed by atoms with Crippen molar-refractivity contribution in [2.45, 2.75) is 13.5 Å². The van der Waals surface area contributed by atoms with E-state index in [0.29, 0.717) is 23.1 Å². The number of benzene rings is 2. The van der Waals surface area contributed by atoms with Gasteiger partial charge in [0.1, 0.15) is 18.2 Å². The third-order valence-corrected chi connectivity index (χ3v) is 5.78. The molecule has 0 bridgehead atoms. The van der Waals surface area contributed by atoms with Gasteiger partial charge in [-0.2, -0.15) is 0 Å². The molecule has 4 aromatic rings. The van der Waals surface area contributed by atoms with E-state index in [4.69, 9.17) is 16.3 Å². The highest BCUT2D eigenvalue weighted by Crippen LogP contribution is 2.32. The van der Waals surface area contributed by atoms with Crippen LogP contribution in [0.3, 0.4) is 0 Å². The van der Waals surface area contributed by atoms with E-state index in [9.17, 15) is 18.8 Å². The zero-order chi connectivity index (χ0) is 26.5. The largest absolute Gasteiger partial charge is 0.375 e. The molecule has 0 atom stereocenters. The van der Waals surface area contributed by atoms with Crippen LogP contribution in [0.1, 0.15) is 6.92 Å². The summed E-state index contributed by atoms with van der Waals surface area (Å²) in [5.41, 5.74) is 0.972. The Bertz CT molecular complexity index is 1540. The third kappa shape index (κ3) is 5.76. The summed E-state index contributed by atoms with van der Waals surface area (Å²) in [6.07, 6.45) is 1.51. The lowest BCUT2D eigenvalue weighted by atomic mass is 10.0. The van der Waals surface area contributed by atoms with Crippen LogP contribution in [-0.4, -0.2) is 35.2 Å². The number of halogens is 2. The molecule has 2 heterocycles. The number of fused-ring (bicyclic) bond motifs is 1. The van der Waals surface area contributed by atoms with Crippen LogP contribution in [0, 0.1) is 5.82 Å². The lowest BCUT2D eigenvalue weighted by Crippen LogP contribution is -2.23. The molecule has 190 valence electrons. The Labute approximate surface area is 216 Å². The molecule has 0 aliphatic heterocycles.